The summed E-state index contributed by atoms with van der Waals surface area (Å²) in [6.45, 7) is -0.307. The molecule has 2 amide bonds. The molecule has 166 valence electrons. The smallest absolute Gasteiger partial charge is 0.387 e. The van der Waals surface area contributed by atoms with Crippen LogP contribution in [0.15, 0.2) is 42.5 Å². The fraction of sp³-hybridized carbons (Fsp3) is 0.391. The Morgan fingerprint density at radius 1 is 1.16 bits per heavy atom. The van der Waals surface area contributed by atoms with Crippen LogP contribution >= 0.6 is 0 Å². The van der Waals surface area contributed by atoms with Crippen LogP contribution in [0.2, 0.25) is 0 Å². The van der Waals surface area contributed by atoms with Crippen LogP contribution in [0.25, 0.3) is 0 Å². The average Bonchev–Trinajstić information content (AvgIpc) is 3.15. The van der Waals surface area contributed by atoms with Gasteiger partial charge in [0.05, 0.1) is 13.0 Å². The highest BCUT2D eigenvalue weighted by Crippen LogP contribution is 2.31. The lowest BCUT2D eigenvalue weighted by Gasteiger charge is -2.22. The molecule has 31 heavy (non-hydrogen) atoms. The Morgan fingerprint density at radius 3 is 2.45 bits per heavy atom. The number of aryl methyl sites for hydroxylation is 1. The number of carbonyl (C=O) groups is 2. The summed E-state index contributed by atoms with van der Waals surface area (Å²) in [5, 5.41) is 0. The Bertz CT molecular complexity index is 934. The number of halogens is 2. The van der Waals surface area contributed by atoms with Crippen LogP contribution in [0.5, 0.6) is 11.5 Å². The van der Waals surface area contributed by atoms with E-state index in [4.69, 9.17) is 4.74 Å². The molecule has 6 nitrogen and oxygen atoms in total. The van der Waals surface area contributed by atoms with Crippen LogP contribution in [0, 0.1) is 5.92 Å². The predicted molar refractivity (Wildman–Crippen MR) is 112 cm³/mol. The number of ether oxygens (including phenoxy) is 2. The number of anilines is 1. The van der Waals surface area contributed by atoms with E-state index in [0.29, 0.717) is 12.1 Å². The predicted octanol–water partition coefficient (Wildman–Crippen LogP) is 3.87. The number of methoxy groups -OCH3 is 1. The molecule has 3 rings (SSSR count). The maximum Gasteiger partial charge on any atom is 0.387 e. The van der Waals surface area contributed by atoms with Gasteiger partial charge < -0.3 is 19.3 Å². The summed E-state index contributed by atoms with van der Waals surface area (Å²) in [6, 6.07) is 12.3. The summed E-state index contributed by atoms with van der Waals surface area (Å²) < 4.78 is 34.5. The summed E-state index contributed by atoms with van der Waals surface area (Å²) in [7, 11) is 3.01. The van der Waals surface area contributed by atoms with Crippen molar-refractivity contribution < 1.29 is 27.8 Å². The molecule has 0 bridgehead atoms. The molecular formula is C23H26F2N2O4. The van der Waals surface area contributed by atoms with Crippen molar-refractivity contribution in [2.24, 2.45) is 5.92 Å². The van der Waals surface area contributed by atoms with Crippen molar-refractivity contribution in [3.63, 3.8) is 0 Å². The molecular weight excluding hydrogens is 406 g/mol. The van der Waals surface area contributed by atoms with E-state index >= 15 is 0 Å². The van der Waals surface area contributed by atoms with Crippen LogP contribution in [0.3, 0.4) is 0 Å². The lowest BCUT2D eigenvalue weighted by Crippen LogP contribution is -2.34. The second kappa shape index (κ2) is 9.76. The highest BCUT2D eigenvalue weighted by Gasteiger charge is 2.36. The lowest BCUT2D eigenvalue weighted by molar-refractivity contribution is -0.135. The third kappa shape index (κ3) is 5.31. The topological polar surface area (TPSA) is 59.1 Å². The van der Waals surface area contributed by atoms with E-state index in [2.05, 4.69) is 11.7 Å². The van der Waals surface area contributed by atoms with Gasteiger partial charge in [0.1, 0.15) is 0 Å². The first-order valence-electron chi connectivity index (χ1n) is 10.1. The van der Waals surface area contributed by atoms with Gasteiger partial charge in [-0.05, 0) is 41.8 Å². The Kier molecular flexibility index (Phi) is 7.09. The summed E-state index contributed by atoms with van der Waals surface area (Å²) in [6.07, 6.45) is 1.07. The lowest BCUT2D eigenvalue weighted by atomic mass is 10.1. The van der Waals surface area contributed by atoms with Crippen molar-refractivity contribution in [1.29, 1.82) is 0 Å². The van der Waals surface area contributed by atoms with Crippen molar-refractivity contribution in [2.75, 3.05) is 25.6 Å². The minimum Gasteiger partial charge on any atom is -0.493 e. The largest absolute Gasteiger partial charge is 0.493 e. The molecule has 1 unspecified atom stereocenters. The molecule has 1 fully saturated rings. The van der Waals surface area contributed by atoms with Gasteiger partial charge in [-0.25, -0.2) is 0 Å². The SMILES string of the molecule is CCc1ccc(N2CC(C(=O)N(C)Cc3ccc(OC(F)F)c(OC)c3)CC2=O)cc1. The summed E-state index contributed by atoms with van der Waals surface area (Å²) in [5.41, 5.74) is 2.67. The molecule has 1 heterocycles. The first-order valence-corrected chi connectivity index (χ1v) is 10.1. The van der Waals surface area contributed by atoms with Crippen molar-refractivity contribution >= 4 is 17.5 Å². The van der Waals surface area contributed by atoms with Crippen LogP contribution in [0.4, 0.5) is 14.5 Å². The minimum absolute atomic E-state index is 0.0682. The number of carbonyl (C=O) groups excluding carboxylic acids is 2. The molecule has 2 aromatic rings. The number of nitrogens with zero attached hydrogens (tertiary/aromatic N) is 2. The van der Waals surface area contributed by atoms with Crippen molar-refractivity contribution in [1.82, 2.24) is 4.90 Å². The number of rotatable bonds is 8. The van der Waals surface area contributed by atoms with Crippen molar-refractivity contribution in [3.8, 4) is 11.5 Å². The third-order valence-corrected chi connectivity index (χ3v) is 5.37. The van der Waals surface area contributed by atoms with Gasteiger partial charge in [0, 0.05) is 32.2 Å². The first-order chi connectivity index (χ1) is 14.8. The third-order valence-electron chi connectivity index (χ3n) is 5.37. The summed E-state index contributed by atoms with van der Waals surface area (Å²) in [4.78, 5) is 28.6. The zero-order chi connectivity index (χ0) is 22.5. The van der Waals surface area contributed by atoms with E-state index < -0.39 is 12.5 Å². The molecule has 2 aromatic carbocycles. The fourth-order valence-corrected chi connectivity index (χ4v) is 3.70. The zero-order valence-corrected chi connectivity index (χ0v) is 17.8. The van der Waals surface area contributed by atoms with Gasteiger partial charge in [0.25, 0.3) is 0 Å². The van der Waals surface area contributed by atoms with E-state index in [0.717, 1.165) is 12.1 Å². The van der Waals surface area contributed by atoms with Gasteiger partial charge in [0.15, 0.2) is 11.5 Å². The van der Waals surface area contributed by atoms with E-state index in [1.807, 2.05) is 24.3 Å². The zero-order valence-electron chi connectivity index (χ0n) is 17.8. The Balaban J connectivity index is 1.65. The minimum atomic E-state index is -2.95. The molecule has 0 spiro atoms. The van der Waals surface area contributed by atoms with E-state index in [-0.39, 0.29) is 36.3 Å². The highest BCUT2D eigenvalue weighted by atomic mass is 19.3. The van der Waals surface area contributed by atoms with Crippen molar-refractivity contribution in [2.45, 2.75) is 32.9 Å². The second-order valence-corrected chi connectivity index (χ2v) is 7.48. The van der Waals surface area contributed by atoms with Crippen molar-refractivity contribution in [3.05, 3.63) is 53.6 Å². The fourth-order valence-electron chi connectivity index (χ4n) is 3.70. The van der Waals surface area contributed by atoms with Gasteiger partial charge in [-0.1, -0.05) is 25.1 Å². The van der Waals surface area contributed by atoms with Gasteiger partial charge in [-0.2, -0.15) is 8.78 Å². The summed E-state index contributed by atoms with van der Waals surface area (Å²) >= 11 is 0. The maximum absolute atomic E-state index is 12.9. The number of hydrogen-bond acceptors (Lipinski definition) is 4. The van der Waals surface area contributed by atoms with Gasteiger partial charge in [-0.15, -0.1) is 0 Å². The van der Waals surface area contributed by atoms with Crippen LogP contribution in [0.1, 0.15) is 24.5 Å². The molecule has 1 aliphatic rings. The quantitative estimate of drug-likeness (QED) is 0.636. The van der Waals surface area contributed by atoms with Gasteiger partial charge in [0.2, 0.25) is 11.8 Å². The molecule has 0 saturated carbocycles. The van der Waals surface area contributed by atoms with E-state index in [1.54, 1.807) is 24.1 Å². The normalized spacial score (nSPS) is 16.0. The molecule has 1 aliphatic heterocycles. The molecule has 0 aliphatic carbocycles. The number of benzene rings is 2. The van der Waals surface area contributed by atoms with Crippen LogP contribution in [-0.2, 0) is 22.6 Å². The second-order valence-electron chi connectivity index (χ2n) is 7.48. The maximum atomic E-state index is 12.9. The standard InChI is InChI=1S/C23H26F2N2O4/c1-4-15-5-8-18(9-6-15)27-14-17(12-21(27)28)22(29)26(2)13-16-7-10-19(31-23(24)25)20(11-16)30-3/h5-11,17,23H,4,12-14H2,1-3H3. The highest BCUT2D eigenvalue weighted by molar-refractivity contribution is 6.00. The molecule has 1 atom stereocenters. The van der Waals surface area contributed by atoms with E-state index in [9.17, 15) is 18.4 Å². The molecule has 0 aromatic heterocycles. The van der Waals surface area contributed by atoms with E-state index in [1.165, 1.54) is 23.6 Å². The monoisotopic (exact) mass is 432 g/mol. The van der Waals surface area contributed by atoms with Gasteiger partial charge in [-0.3, -0.25) is 9.59 Å². The van der Waals surface area contributed by atoms with Crippen LogP contribution < -0.4 is 14.4 Å². The Morgan fingerprint density at radius 2 is 1.84 bits per heavy atom. The number of hydrogen-bond donors (Lipinski definition) is 0. The summed E-state index contributed by atoms with van der Waals surface area (Å²) in [5.74, 6) is -0.566. The Hall–Kier alpha value is -3.16. The number of alkyl halides is 2. The number of amides is 2. The first kappa shape index (κ1) is 22.5. The van der Waals surface area contributed by atoms with Gasteiger partial charge >= 0.3 is 6.61 Å². The Labute approximate surface area is 180 Å². The molecule has 0 radical (unpaired) electrons. The molecule has 0 N–H and O–H groups in total. The molecule has 8 heteroatoms. The molecule has 1 saturated heterocycles. The average molecular weight is 432 g/mol. The van der Waals surface area contributed by atoms with Crippen LogP contribution in [-0.4, -0.2) is 44.0 Å².